The Balaban J connectivity index is 1.36. The smallest absolute Gasteiger partial charge is 0.231 e. The molecule has 30 heavy (non-hydrogen) atoms. The third-order valence-corrected chi connectivity index (χ3v) is 6.98. The van der Waals surface area contributed by atoms with Crippen molar-refractivity contribution in [3.63, 3.8) is 0 Å². The second-order valence-electron chi connectivity index (χ2n) is 7.03. The van der Waals surface area contributed by atoms with Crippen molar-refractivity contribution in [3.8, 4) is 11.5 Å². The van der Waals surface area contributed by atoms with Crippen LogP contribution in [-0.2, 0) is 22.7 Å². The van der Waals surface area contributed by atoms with Crippen LogP contribution in [0.3, 0.4) is 0 Å². The summed E-state index contributed by atoms with van der Waals surface area (Å²) in [5, 5.41) is 14.0. The van der Waals surface area contributed by atoms with Crippen LogP contribution < -0.4 is 9.47 Å². The van der Waals surface area contributed by atoms with Gasteiger partial charge < -0.3 is 9.47 Å². The van der Waals surface area contributed by atoms with E-state index in [4.69, 9.17) is 14.6 Å². The highest BCUT2D eigenvalue weighted by Gasteiger charge is 2.20. The molecule has 2 aromatic carbocycles. The molecule has 1 aromatic heterocycles. The molecule has 8 nitrogen and oxygen atoms in total. The zero-order valence-corrected chi connectivity index (χ0v) is 17.7. The minimum Gasteiger partial charge on any atom is -0.454 e. The van der Waals surface area contributed by atoms with Gasteiger partial charge in [-0.1, -0.05) is 30.0 Å². The number of hydrogen-bond donors (Lipinski definition) is 0. The van der Waals surface area contributed by atoms with Crippen molar-refractivity contribution in [2.75, 3.05) is 18.8 Å². The second kappa shape index (κ2) is 7.44. The predicted molar refractivity (Wildman–Crippen MR) is 112 cm³/mol. The molecule has 154 valence electrons. The molecule has 0 saturated heterocycles. The van der Waals surface area contributed by atoms with Crippen LogP contribution in [0.2, 0.25) is 0 Å². The van der Waals surface area contributed by atoms with E-state index in [2.05, 4.69) is 10.2 Å². The van der Waals surface area contributed by atoms with Gasteiger partial charge in [0.2, 0.25) is 11.9 Å². The molecule has 2 aliphatic heterocycles. The number of rotatable bonds is 5. The average molecular weight is 443 g/mol. The van der Waals surface area contributed by atoms with Gasteiger partial charge in [0.15, 0.2) is 27.2 Å². The number of thioether (sulfide) groups is 1. The number of aromatic nitrogens is 3. The first-order valence-electron chi connectivity index (χ1n) is 9.31. The van der Waals surface area contributed by atoms with Crippen LogP contribution in [0, 0.1) is 0 Å². The van der Waals surface area contributed by atoms with Gasteiger partial charge in [0, 0.05) is 18.4 Å². The van der Waals surface area contributed by atoms with E-state index in [1.54, 1.807) is 40.7 Å². The molecule has 0 amide bonds. The van der Waals surface area contributed by atoms with Gasteiger partial charge in [0.05, 0.1) is 10.6 Å². The Kier molecular flexibility index (Phi) is 4.75. The van der Waals surface area contributed by atoms with Gasteiger partial charge in [-0.05, 0) is 41.8 Å². The molecular formula is C20H18N4O4S2. The standard InChI is InChI=1S/C20H18N4O4S2/c1-30(25,26)15-6-4-14(5-7-15)16-11-29-20-22-21-19(24(20)23-16)9-3-13-2-8-17-18(10-13)28-12-27-17/h2,4-8,10H,3,9,11-12H2,1H3. The van der Waals surface area contributed by atoms with Crippen molar-refractivity contribution < 1.29 is 17.9 Å². The number of hydrogen-bond acceptors (Lipinski definition) is 8. The van der Waals surface area contributed by atoms with Gasteiger partial charge in [0.1, 0.15) is 0 Å². The lowest BCUT2D eigenvalue weighted by atomic mass is 10.1. The van der Waals surface area contributed by atoms with Crippen LogP contribution in [0.25, 0.3) is 0 Å². The van der Waals surface area contributed by atoms with E-state index < -0.39 is 9.84 Å². The Labute approximate surface area is 177 Å². The highest BCUT2D eigenvalue weighted by Crippen LogP contribution is 2.33. The maximum atomic E-state index is 11.7. The van der Waals surface area contributed by atoms with Crippen LogP contribution in [0.4, 0.5) is 0 Å². The van der Waals surface area contributed by atoms with E-state index >= 15 is 0 Å². The molecule has 0 aliphatic carbocycles. The quantitative estimate of drug-likeness (QED) is 0.599. The largest absolute Gasteiger partial charge is 0.454 e. The van der Waals surface area contributed by atoms with Gasteiger partial charge in [-0.3, -0.25) is 0 Å². The molecule has 3 heterocycles. The zero-order chi connectivity index (χ0) is 20.7. The summed E-state index contributed by atoms with van der Waals surface area (Å²) in [6, 6.07) is 12.7. The summed E-state index contributed by atoms with van der Waals surface area (Å²) < 4.78 is 35.9. The van der Waals surface area contributed by atoms with Crippen LogP contribution in [0.5, 0.6) is 11.5 Å². The highest BCUT2D eigenvalue weighted by atomic mass is 32.2. The van der Waals surface area contributed by atoms with Crippen LogP contribution in [0.15, 0.2) is 57.6 Å². The molecule has 0 saturated carbocycles. The Morgan fingerprint density at radius 3 is 2.63 bits per heavy atom. The monoisotopic (exact) mass is 442 g/mol. The first kappa shape index (κ1) is 19.1. The van der Waals surface area contributed by atoms with Gasteiger partial charge in [-0.2, -0.15) is 9.78 Å². The number of ether oxygens (including phenoxy) is 2. The lowest BCUT2D eigenvalue weighted by molar-refractivity contribution is 0.174. The minimum absolute atomic E-state index is 0.260. The van der Waals surface area contributed by atoms with Gasteiger partial charge in [-0.25, -0.2) is 8.42 Å². The molecule has 0 unspecified atom stereocenters. The highest BCUT2D eigenvalue weighted by molar-refractivity contribution is 7.99. The normalized spacial score (nSPS) is 15.0. The Bertz CT molecular complexity index is 1250. The summed E-state index contributed by atoms with van der Waals surface area (Å²) in [4.78, 5) is 0.296. The maximum absolute atomic E-state index is 11.7. The van der Waals surface area contributed by atoms with E-state index in [0.717, 1.165) is 45.7 Å². The second-order valence-corrected chi connectivity index (χ2v) is 9.99. The van der Waals surface area contributed by atoms with E-state index in [-0.39, 0.29) is 6.79 Å². The molecule has 0 bridgehead atoms. The maximum Gasteiger partial charge on any atom is 0.231 e. The molecular weight excluding hydrogens is 424 g/mol. The molecule has 3 aromatic rings. The van der Waals surface area contributed by atoms with E-state index in [9.17, 15) is 8.42 Å². The fourth-order valence-corrected chi connectivity index (χ4v) is 4.80. The van der Waals surface area contributed by atoms with Crippen molar-refractivity contribution in [2.45, 2.75) is 22.9 Å². The molecule has 5 rings (SSSR count). The Hall–Kier alpha value is -2.85. The van der Waals surface area contributed by atoms with E-state index in [1.807, 2.05) is 18.2 Å². The molecule has 0 spiro atoms. The first-order chi connectivity index (χ1) is 14.5. The average Bonchev–Trinajstić information content (AvgIpc) is 3.37. The predicted octanol–water partition coefficient (Wildman–Crippen LogP) is 2.55. The van der Waals surface area contributed by atoms with Crippen LogP contribution in [0.1, 0.15) is 17.0 Å². The summed E-state index contributed by atoms with van der Waals surface area (Å²) in [5.74, 6) is 2.97. The summed E-state index contributed by atoms with van der Waals surface area (Å²) in [7, 11) is -3.22. The SMILES string of the molecule is CS(=O)(=O)c1ccc(C2=Nn3c(CCc4ccc5c(c4)OCO5)nnc3SC2)cc1. The summed E-state index contributed by atoms with van der Waals surface area (Å²) in [6.45, 7) is 0.260. The van der Waals surface area contributed by atoms with Gasteiger partial charge in [-0.15, -0.1) is 10.2 Å². The minimum atomic E-state index is -3.22. The van der Waals surface area contributed by atoms with Crippen LogP contribution >= 0.6 is 11.8 Å². The third-order valence-electron chi connectivity index (χ3n) is 4.93. The van der Waals surface area contributed by atoms with Crippen molar-refractivity contribution in [1.29, 1.82) is 0 Å². The van der Waals surface area contributed by atoms with Crippen LogP contribution in [-0.4, -0.2) is 47.8 Å². The van der Waals surface area contributed by atoms with Crippen molar-refractivity contribution in [3.05, 3.63) is 59.4 Å². The molecule has 2 aliphatic rings. The molecule has 0 atom stereocenters. The number of benzene rings is 2. The lowest BCUT2D eigenvalue weighted by Gasteiger charge is -2.14. The lowest BCUT2D eigenvalue weighted by Crippen LogP contribution is -2.15. The Morgan fingerprint density at radius 2 is 1.83 bits per heavy atom. The summed E-state index contributed by atoms with van der Waals surface area (Å²) in [5.41, 5.74) is 2.87. The topological polar surface area (TPSA) is 95.7 Å². The Morgan fingerprint density at radius 1 is 1.03 bits per heavy atom. The van der Waals surface area contributed by atoms with Crippen molar-refractivity contribution >= 4 is 27.3 Å². The van der Waals surface area contributed by atoms with E-state index in [0.29, 0.717) is 17.1 Å². The first-order valence-corrected chi connectivity index (χ1v) is 12.2. The summed E-state index contributed by atoms with van der Waals surface area (Å²) >= 11 is 1.56. The molecule has 0 radical (unpaired) electrons. The zero-order valence-electron chi connectivity index (χ0n) is 16.1. The van der Waals surface area contributed by atoms with Gasteiger partial charge >= 0.3 is 0 Å². The third kappa shape index (κ3) is 3.68. The fraction of sp³-hybridized carbons (Fsp3) is 0.250. The summed E-state index contributed by atoms with van der Waals surface area (Å²) in [6.07, 6.45) is 2.65. The number of fused-ring (bicyclic) bond motifs is 2. The molecule has 10 heteroatoms. The molecule has 0 fully saturated rings. The number of aryl methyl sites for hydroxylation is 2. The van der Waals surface area contributed by atoms with Crippen molar-refractivity contribution in [1.82, 2.24) is 14.9 Å². The number of sulfone groups is 1. The number of nitrogens with zero attached hydrogens (tertiary/aromatic N) is 4. The fourth-order valence-electron chi connectivity index (χ4n) is 3.31. The van der Waals surface area contributed by atoms with E-state index in [1.165, 1.54) is 6.26 Å². The van der Waals surface area contributed by atoms with Gasteiger partial charge in [0.25, 0.3) is 0 Å². The molecule has 0 N–H and O–H groups in total. The van der Waals surface area contributed by atoms with Crippen molar-refractivity contribution in [2.24, 2.45) is 5.10 Å².